The third kappa shape index (κ3) is 3.71. The van der Waals surface area contributed by atoms with Crippen LogP contribution in [0.4, 0.5) is 24.1 Å². The van der Waals surface area contributed by atoms with E-state index in [4.69, 9.17) is 16.9 Å². The maximum atomic E-state index is 12.7. The molecular formula is C13H11ClF3N5S. The van der Waals surface area contributed by atoms with Gasteiger partial charge in [-0.2, -0.15) is 18.4 Å². The summed E-state index contributed by atoms with van der Waals surface area (Å²) >= 11 is 7.12. The highest BCUT2D eigenvalue weighted by Gasteiger charge is 2.34. The summed E-state index contributed by atoms with van der Waals surface area (Å²) in [4.78, 5) is 11.5. The zero-order valence-electron chi connectivity index (χ0n) is 12.3. The lowest BCUT2D eigenvalue weighted by molar-refractivity contribution is -0.138. The van der Waals surface area contributed by atoms with Crippen LogP contribution in [-0.2, 0) is 11.6 Å². The average Bonchev–Trinajstić information content (AvgIpc) is 2.79. The number of aryl methyl sites for hydroxylation is 1. The van der Waals surface area contributed by atoms with Crippen molar-refractivity contribution in [1.82, 2.24) is 15.0 Å². The molecule has 2 aromatic heterocycles. The summed E-state index contributed by atoms with van der Waals surface area (Å²) in [5, 5.41) is 12.8. The Labute approximate surface area is 139 Å². The molecule has 0 atom stereocenters. The molecule has 0 bridgehead atoms. The molecule has 0 saturated heterocycles. The minimum Gasteiger partial charge on any atom is -0.313 e. The number of halogens is 4. The number of nitrogens with zero attached hydrogens (tertiary/aromatic N) is 4. The second-order valence-electron chi connectivity index (χ2n) is 5.19. The standard InChI is InChI=1S/C13H11ClF3N5S/c1-6-7(13(15,16)17)4-19-11(20-6)22-9-8(14)21-10(23-9)12(2,3)5-18/h4H,1-3H3,(H,19,20,22). The molecule has 5 nitrogen and oxygen atoms in total. The van der Waals surface area contributed by atoms with Crippen LogP contribution in [0.15, 0.2) is 6.20 Å². The van der Waals surface area contributed by atoms with E-state index in [1.54, 1.807) is 13.8 Å². The van der Waals surface area contributed by atoms with Crippen molar-refractivity contribution < 1.29 is 13.2 Å². The van der Waals surface area contributed by atoms with Gasteiger partial charge in [-0.1, -0.05) is 22.9 Å². The molecule has 0 spiro atoms. The van der Waals surface area contributed by atoms with Crippen molar-refractivity contribution in [3.63, 3.8) is 0 Å². The van der Waals surface area contributed by atoms with Crippen molar-refractivity contribution in [2.75, 3.05) is 5.32 Å². The van der Waals surface area contributed by atoms with E-state index in [1.165, 1.54) is 6.92 Å². The van der Waals surface area contributed by atoms with Gasteiger partial charge in [0.15, 0.2) is 5.15 Å². The maximum Gasteiger partial charge on any atom is 0.419 e. The number of aromatic nitrogens is 3. The predicted molar refractivity (Wildman–Crippen MR) is 80.8 cm³/mol. The molecule has 0 radical (unpaired) electrons. The Morgan fingerprint density at radius 2 is 1.96 bits per heavy atom. The van der Waals surface area contributed by atoms with Crippen molar-refractivity contribution >= 4 is 33.9 Å². The summed E-state index contributed by atoms with van der Waals surface area (Å²) in [5.74, 6) is -0.0256. The molecule has 1 N–H and O–H groups in total. The quantitative estimate of drug-likeness (QED) is 0.873. The fourth-order valence-corrected chi connectivity index (χ4v) is 2.80. The Hall–Kier alpha value is -1.92. The number of hydrogen-bond donors (Lipinski definition) is 1. The van der Waals surface area contributed by atoms with Crippen LogP contribution >= 0.6 is 22.9 Å². The van der Waals surface area contributed by atoms with Gasteiger partial charge in [-0.15, -0.1) is 0 Å². The monoisotopic (exact) mass is 361 g/mol. The van der Waals surface area contributed by atoms with E-state index < -0.39 is 17.2 Å². The fraction of sp³-hybridized carbons (Fsp3) is 0.385. The molecule has 0 aliphatic heterocycles. The van der Waals surface area contributed by atoms with E-state index in [-0.39, 0.29) is 16.8 Å². The van der Waals surface area contributed by atoms with Gasteiger partial charge >= 0.3 is 6.18 Å². The lowest BCUT2D eigenvalue weighted by atomic mass is 9.97. The van der Waals surface area contributed by atoms with Gasteiger partial charge in [0.25, 0.3) is 0 Å². The highest BCUT2D eigenvalue weighted by Crippen LogP contribution is 2.37. The van der Waals surface area contributed by atoms with Gasteiger partial charge in [-0.05, 0) is 20.8 Å². The molecule has 0 unspecified atom stereocenters. The van der Waals surface area contributed by atoms with Gasteiger partial charge in [0, 0.05) is 6.20 Å². The molecule has 122 valence electrons. The molecule has 0 aliphatic carbocycles. The summed E-state index contributed by atoms with van der Waals surface area (Å²) in [7, 11) is 0. The Bertz CT molecular complexity index is 779. The maximum absolute atomic E-state index is 12.7. The molecule has 2 heterocycles. The smallest absolute Gasteiger partial charge is 0.313 e. The molecule has 0 amide bonds. The molecule has 2 rings (SSSR count). The van der Waals surface area contributed by atoms with Gasteiger partial charge in [-0.25, -0.2) is 15.0 Å². The van der Waals surface area contributed by atoms with Gasteiger partial charge < -0.3 is 5.32 Å². The predicted octanol–water partition coefficient (Wildman–Crippen LogP) is 4.46. The van der Waals surface area contributed by atoms with Crippen molar-refractivity contribution in [3.8, 4) is 6.07 Å². The molecule has 23 heavy (non-hydrogen) atoms. The molecule has 10 heteroatoms. The number of nitrogens with one attached hydrogen (secondary N) is 1. The third-order valence-corrected chi connectivity index (χ3v) is 4.59. The molecule has 2 aromatic rings. The number of nitriles is 1. The van der Waals surface area contributed by atoms with Gasteiger partial charge in [0.05, 0.1) is 17.3 Å². The Morgan fingerprint density at radius 1 is 1.30 bits per heavy atom. The number of anilines is 2. The van der Waals surface area contributed by atoms with Crippen LogP contribution in [0.2, 0.25) is 5.15 Å². The minimum atomic E-state index is -4.51. The van der Waals surface area contributed by atoms with Crippen molar-refractivity contribution in [2.45, 2.75) is 32.4 Å². The number of alkyl halides is 3. The van der Waals surface area contributed by atoms with E-state index >= 15 is 0 Å². The first kappa shape index (κ1) is 17.4. The highest BCUT2D eigenvalue weighted by atomic mass is 35.5. The number of rotatable bonds is 3. The van der Waals surface area contributed by atoms with Gasteiger partial charge in [-0.3, -0.25) is 0 Å². The fourth-order valence-electron chi connectivity index (χ4n) is 1.60. The second-order valence-corrected chi connectivity index (χ2v) is 6.55. The Morgan fingerprint density at radius 3 is 2.48 bits per heavy atom. The summed E-state index contributed by atoms with van der Waals surface area (Å²) < 4.78 is 38.1. The molecular weight excluding hydrogens is 351 g/mol. The first-order valence-corrected chi connectivity index (χ1v) is 7.50. The SMILES string of the molecule is Cc1nc(Nc2sc(C(C)(C)C#N)nc2Cl)ncc1C(F)(F)F. The molecule has 0 fully saturated rings. The average molecular weight is 362 g/mol. The first-order chi connectivity index (χ1) is 10.5. The zero-order chi connectivity index (χ0) is 17.4. The van der Waals surface area contributed by atoms with E-state index in [1.807, 2.05) is 0 Å². The summed E-state index contributed by atoms with van der Waals surface area (Å²) in [6, 6.07) is 2.10. The normalized spacial score (nSPS) is 12.1. The van der Waals surface area contributed by atoms with Crippen LogP contribution in [0.25, 0.3) is 0 Å². The summed E-state index contributed by atoms with van der Waals surface area (Å²) in [6.45, 7) is 4.61. The second kappa shape index (κ2) is 5.94. The van der Waals surface area contributed by atoms with E-state index in [9.17, 15) is 13.2 Å². The number of thiazole rings is 1. The lowest BCUT2D eigenvalue weighted by Gasteiger charge is -2.10. The zero-order valence-corrected chi connectivity index (χ0v) is 13.9. The van der Waals surface area contributed by atoms with Crippen LogP contribution in [-0.4, -0.2) is 15.0 Å². The van der Waals surface area contributed by atoms with E-state index in [0.717, 1.165) is 11.3 Å². The van der Waals surface area contributed by atoms with Gasteiger partial charge in [0.2, 0.25) is 5.95 Å². The lowest BCUT2D eigenvalue weighted by Crippen LogP contribution is -2.12. The minimum absolute atomic E-state index is 0.0256. The van der Waals surface area contributed by atoms with Crippen LogP contribution in [0.5, 0.6) is 0 Å². The van der Waals surface area contributed by atoms with E-state index in [0.29, 0.717) is 16.2 Å². The van der Waals surface area contributed by atoms with Crippen molar-refractivity contribution in [3.05, 3.63) is 27.6 Å². The van der Waals surface area contributed by atoms with Crippen LogP contribution < -0.4 is 5.32 Å². The Balaban J connectivity index is 2.31. The number of hydrogen-bond acceptors (Lipinski definition) is 6. The third-order valence-electron chi connectivity index (χ3n) is 2.91. The topological polar surface area (TPSA) is 74.5 Å². The Kier molecular flexibility index (Phi) is 4.50. The van der Waals surface area contributed by atoms with Crippen molar-refractivity contribution in [1.29, 1.82) is 5.26 Å². The molecule has 0 saturated carbocycles. The van der Waals surface area contributed by atoms with Crippen molar-refractivity contribution in [2.24, 2.45) is 0 Å². The highest BCUT2D eigenvalue weighted by molar-refractivity contribution is 7.16. The van der Waals surface area contributed by atoms with Gasteiger partial charge in [0.1, 0.15) is 15.4 Å². The summed E-state index contributed by atoms with van der Waals surface area (Å²) in [6.07, 6.45) is -3.80. The van der Waals surface area contributed by atoms with Crippen LogP contribution in [0.3, 0.4) is 0 Å². The van der Waals surface area contributed by atoms with E-state index in [2.05, 4.69) is 26.3 Å². The summed E-state index contributed by atoms with van der Waals surface area (Å²) in [5.41, 5.74) is -1.93. The largest absolute Gasteiger partial charge is 0.419 e. The molecule has 0 aliphatic rings. The van der Waals surface area contributed by atoms with Crippen LogP contribution in [0, 0.1) is 18.3 Å². The van der Waals surface area contributed by atoms with Crippen LogP contribution in [0.1, 0.15) is 30.1 Å². The molecule has 0 aromatic carbocycles. The first-order valence-electron chi connectivity index (χ1n) is 6.30.